The molecule has 0 saturated carbocycles. The fraction of sp³-hybridized carbons (Fsp3) is 0.308. The number of benzene rings is 1. The van der Waals surface area contributed by atoms with Crippen LogP contribution in [-0.4, -0.2) is 16.2 Å². The average molecular weight is 216 g/mol. The lowest BCUT2D eigenvalue weighted by atomic mass is 10.2. The van der Waals surface area contributed by atoms with Gasteiger partial charge in [0, 0.05) is 25.9 Å². The number of rotatable bonds is 4. The van der Waals surface area contributed by atoms with Crippen LogP contribution >= 0.6 is 0 Å². The molecule has 0 aliphatic carbocycles. The molecule has 1 aromatic carbocycles. The Bertz CT molecular complexity index is 462. The van der Waals surface area contributed by atoms with E-state index in [1.807, 2.05) is 42.2 Å². The Balaban J connectivity index is 1.89. The Morgan fingerprint density at radius 3 is 2.81 bits per heavy atom. The summed E-state index contributed by atoms with van der Waals surface area (Å²) in [6, 6.07) is 8.05. The quantitative estimate of drug-likeness (QED) is 0.784. The van der Waals surface area contributed by atoms with E-state index in [1.54, 1.807) is 0 Å². The molecule has 0 fully saturated rings. The smallest absolute Gasteiger partial charge is 0.122 e. The molecular weight excluding hydrogens is 200 g/mol. The lowest BCUT2D eigenvalue weighted by Crippen LogP contribution is -2.06. The minimum atomic E-state index is 0.662. The number of imidazole rings is 1. The highest BCUT2D eigenvalue weighted by atomic mass is 16.5. The van der Waals surface area contributed by atoms with Crippen molar-refractivity contribution in [2.45, 2.75) is 13.3 Å². The number of para-hydroxylation sites is 1. The number of hydrogen-bond acceptors (Lipinski definition) is 2. The van der Waals surface area contributed by atoms with Crippen molar-refractivity contribution in [3.05, 3.63) is 48.0 Å². The third-order valence-electron chi connectivity index (χ3n) is 2.60. The van der Waals surface area contributed by atoms with Crippen molar-refractivity contribution in [2.75, 3.05) is 6.61 Å². The summed E-state index contributed by atoms with van der Waals surface area (Å²) in [5, 5.41) is 0. The first kappa shape index (κ1) is 10.7. The maximum Gasteiger partial charge on any atom is 0.122 e. The SMILES string of the molecule is Cc1ccccc1OCCc1nccn1C. The minimum absolute atomic E-state index is 0.662. The van der Waals surface area contributed by atoms with E-state index >= 15 is 0 Å². The second-order valence-electron chi connectivity index (χ2n) is 3.82. The predicted molar refractivity (Wildman–Crippen MR) is 63.6 cm³/mol. The van der Waals surface area contributed by atoms with Gasteiger partial charge >= 0.3 is 0 Å². The van der Waals surface area contributed by atoms with Crippen molar-refractivity contribution >= 4 is 0 Å². The van der Waals surface area contributed by atoms with Gasteiger partial charge in [-0.05, 0) is 18.6 Å². The highest BCUT2D eigenvalue weighted by Crippen LogP contribution is 2.16. The summed E-state index contributed by atoms with van der Waals surface area (Å²) in [5.41, 5.74) is 1.17. The van der Waals surface area contributed by atoms with Gasteiger partial charge < -0.3 is 9.30 Å². The summed E-state index contributed by atoms with van der Waals surface area (Å²) in [6.45, 7) is 2.71. The maximum atomic E-state index is 5.71. The number of nitrogens with zero attached hydrogens (tertiary/aromatic N) is 2. The maximum absolute atomic E-state index is 5.71. The first-order valence-corrected chi connectivity index (χ1v) is 5.42. The van der Waals surface area contributed by atoms with Gasteiger partial charge in [0.2, 0.25) is 0 Å². The average Bonchev–Trinajstić information content (AvgIpc) is 2.67. The first-order valence-electron chi connectivity index (χ1n) is 5.42. The van der Waals surface area contributed by atoms with E-state index in [0.717, 1.165) is 18.0 Å². The van der Waals surface area contributed by atoms with Crippen molar-refractivity contribution in [2.24, 2.45) is 7.05 Å². The van der Waals surface area contributed by atoms with E-state index in [4.69, 9.17) is 4.74 Å². The van der Waals surface area contributed by atoms with E-state index in [9.17, 15) is 0 Å². The molecule has 2 aromatic rings. The Kier molecular flexibility index (Phi) is 3.25. The van der Waals surface area contributed by atoms with Crippen LogP contribution in [0.1, 0.15) is 11.4 Å². The number of aryl methyl sites for hydroxylation is 2. The van der Waals surface area contributed by atoms with Gasteiger partial charge in [0.15, 0.2) is 0 Å². The highest BCUT2D eigenvalue weighted by Gasteiger charge is 2.01. The molecule has 1 aromatic heterocycles. The zero-order chi connectivity index (χ0) is 11.4. The summed E-state index contributed by atoms with van der Waals surface area (Å²) in [7, 11) is 2.00. The minimum Gasteiger partial charge on any atom is -0.493 e. The molecule has 0 atom stereocenters. The summed E-state index contributed by atoms with van der Waals surface area (Å²) < 4.78 is 7.73. The fourth-order valence-corrected chi connectivity index (χ4v) is 1.61. The number of hydrogen-bond donors (Lipinski definition) is 0. The van der Waals surface area contributed by atoms with Crippen molar-refractivity contribution in [1.29, 1.82) is 0 Å². The third-order valence-corrected chi connectivity index (χ3v) is 2.60. The molecule has 0 spiro atoms. The monoisotopic (exact) mass is 216 g/mol. The van der Waals surface area contributed by atoms with Crippen LogP contribution in [-0.2, 0) is 13.5 Å². The molecule has 0 aliphatic heterocycles. The zero-order valence-electron chi connectivity index (χ0n) is 9.68. The predicted octanol–water partition coefficient (Wildman–Crippen LogP) is 2.35. The molecule has 0 unspecified atom stereocenters. The summed E-state index contributed by atoms with van der Waals surface area (Å²) in [6.07, 6.45) is 4.59. The van der Waals surface area contributed by atoms with Crippen LogP contribution in [0.15, 0.2) is 36.7 Å². The Morgan fingerprint density at radius 2 is 2.12 bits per heavy atom. The lowest BCUT2D eigenvalue weighted by Gasteiger charge is -2.08. The molecular formula is C13H16N2O. The van der Waals surface area contributed by atoms with Crippen molar-refractivity contribution in [1.82, 2.24) is 9.55 Å². The van der Waals surface area contributed by atoms with E-state index in [2.05, 4.69) is 18.0 Å². The molecule has 3 heteroatoms. The second-order valence-corrected chi connectivity index (χ2v) is 3.82. The summed E-state index contributed by atoms with van der Waals surface area (Å²) in [5.74, 6) is 2.00. The molecule has 16 heavy (non-hydrogen) atoms. The van der Waals surface area contributed by atoms with Crippen LogP contribution in [0.2, 0.25) is 0 Å². The third kappa shape index (κ3) is 2.42. The van der Waals surface area contributed by atoms with Gasteiger partial charge in [0.05, 0.1) is 6.61 Å². The molecule has 1 heterocycles. The molecule has 84 valence electrons. The van der Waals surface area contributed by atoms with Crippen molar-refractivity contribution < 1.29 is 4.74 Å². The lowest BCUT2D eigenvalue weighted by molar-refractivity contribution is 0.315. The standard InChI is InChI=1S/C13H16N2O/c1-11-5-3-4-6-12(11)16-10-7-13-14-8-9-15(13)2/h3-6,8-9H,7,10H2,1-2H3. The van der Waals surface area contributed by atoms with Crippen LogP contribution in [0.25, 0.3) is 0 Å². The molecule has 0 saturated heterocycles. The van der Waals surface area contributed by atoms with Gasteiger partial charge in [0.25, 0.3) is 0 Å². The topological polar surface area (TPSA) is 27.1 Å². The Hall–Kier alpha value is -1.77. The molecule has 0 N–H and O–H groups in total. The molecule has 2 rings (SSSR count). The van der Waals surface area contributed by atoms with Gasteiger partial charge in [-0.3, -0.25) is 0 Å². The Morgan fingerprint density at radius 1 is 1.31 bits per heavy atom. The van der Waals surface area contributed by atoms with Crippen LogP contribution in [0.3, 0.4) is 0 Å². The first-order chi connectivity index (χ1) is 7.77. The van der Waals surface area contributed by atoms with Gasteiger partial charge in [-0.25, -0.2) is 4.98 Å². The van der Waals surface area contributed by atoms with E-state index in [0.29, 0.717) is 6.61 Å². The van der Waals surface area contributed by atoms with Crippen LogP contribution in [0.4, 0.5) is 0 Å². The van der Waals surface area contributed by atoms with Crippen LogP contribution < -0.4 is 4.74 Å². The highest BCUT2D eigenvalue weighted by molar-refractivity contribution is 5.31. The van der Waals surface area contributed by atoms with Crippen LogP contribution in [0, 0.1) is 6.92 Å². The number of ether oxygens (including phenoxy) is 1. The van der Waals surface area contributed by atoms with Crippen LogP contribution in [0.5, 0.6) is 5.75 Å². The number of aromatic nitrogens is 2. The largest absolute Gasteiger partial charge is 0.493 e. The summed E-state index contributed by atoms with van der Waals surface area (Å²) >= 11 is 0. The van der Waals surface area contributed by atoms with Crippen molar-refractivity contribution in [3.8, 4) is 5.75 Å². The van der Waals surface area contributed by atoms with Gasteiger partial charge in [-0.1, -0.05) is 18.2 Å². The van der Waals surface area contributed by atoms with E-state index in [1.165, 1.54) is 5.56 Å². The molecule has 0 radical (unpaired) electrons. The van der Waals surface area contributed by atoms with Crippen molar-refractivity contribution in [3.63, 3.8) is 0 Å². The second kappa shape index (κ2) is 4.84. The van der Waals surface area contributed by atoms with Gasteiger partial charge in [0.1, 0.15) is 11.6 Å². The van der Waals surface area contributed by atoms with E-state index < -0.39 is 0 Å². The molecule has 0 amide bonds. The Labute approximate surface area is 95.7 Å². The normalized spacial score (nSPS) is 10.4. The zero-order valence-corrected chi connectivity index (χ0v) is 9.68. The molecule has 0 bridgehead atoms. The fourth-order valence-electron chi connectivity index (χ4n) is 1.61. The van der Waals surface area contributed by atoms with E-state index in [-0.39, 0.29) is 0 Å². The summed E-state index contributed by atoms with van der Waals surface area (Å²) in [4.78, 5) is 4.25. The molecule has 0 aliphatic rings. The van der Waals surface area contributed by atoms with Gasteiger partial charge in [-0.15, -0.1) is 0 Å². The molecule has 3 nitrogen and oxygen atoms in total. The van der Waals surface area contributed by atoms with Gasteiger partial charge in [-0.2, -0.15) is 0 Å².